The standard InChI is InChI=1S/C33H39N3O9/c1-35(2)27-21-14-17-13-20-18(19-12-16(4-7-23(19)44-3)15-36-8-10-45-11-9-36)5-6-22(37)25(20)28(38)24(17)30(40)33(21,43)31(41)26(29(27)39)32(34)42/h4-7,12,17,21,26-27,29,37-39,43H,8-11,13-15H2,1-3H3,(H2,34,42)/t17-,21-,26?,27-,29?,33-/m0/s1. The van der Waals surface area contributed by atoms with Crippen LogP contribution in [0.15, 0.2) is 35.9 Å². The van der Waals surface area contributed by atoms with Crippen molar-refractivity contribution in [3.63, 3.8) is 0 Å². The van der Waals surface area contributed by atoms with E-state index >= 15 is 0 Å². The van der Waals surface area contributed by atoms with Gasteiger partial charge in [0.05, 0.1) is 32.0 Å². The topological polar surface area (TPSA) is 183 Å². The first kappa shape index (κ1) is 31.2. The lowest BCUT2D eigenvalue weighted by molar-refractivity contribution is -0.184. The fraction of sp³-hybridized carbons (Fsp3) is 0.485. The number of amides is 1. The van der Waals surface area contributed by atoms with Gasteiger partial charge in [0, 0.05) is 42.7 Å². The zero-order valence-corrected chi connectivity index (χ0v) is 25.5. The number of phenolic OH excluding ortho intramolecular Hbond substituents is 1. The molecule has 0 aromatic heterocycles. The van der Waals surface area contributed by atoms with Crippen LogP contribution in [0.2, 0.25) is 0 Å². The maximum Gasteiger partial charge on any atom is 0.230 e. The van der Waals surface area contributed by atoms with E-state index in [9.17, 15) is 34.8 Å². The zero-order chi connectivity index (χ0) is 32.4. The highest BCUT2D eigenvalue weighted by molar-refractivity contribution is 6.25. The average molecular weight is 622 g/mol. The molecule has 6 atom stereocenters. The number of hydrogen-bond donors (Lipinski definition) is 5. The van der Waals surface area contributed by atoms with Gasteiger partial charge in [0.25, 0.3) is 0 Å². The summed E-state index contributed by atoms with van der Waals surface area (Å²) >= 11 is 0. The number of methoxy groups -OCH3 is 1. The van der Waals surface area contributed by atoms with Gasteiger partial charge < -0.3 is 40.5 Å². The number of aromatic hydroxyl groups is 1. The number of ketones is 2. The SMILES string of the molecule is COc1ccc(CN2CCOCC2)cc1-c1ccc(O)c2c1C[C@H]1C[C@H]3[C@H](N(C)C)C(O)C(C(N)=O)C(=O)[C@@]3(O)C(=O)C1=C2O. The number of phenols is 1. The van der Waals surface area contributed by atoms with Gasteiger partial charge >= 0.3 is 0 Å². The van der Waals surface area contributed by atoms with E-state index in [-0.39, 0.29) is 29.7 Å². The molecular weight excluding hydrogens is 582 g/mol. The molecule has 3 fully saturated rings. The Labute approximate surface area is 260 Å². The number of benzene rings is 2. The van der Waals surface area contributed by atoms with E-state index in [0.29, 0.717) is 36.6 Å². The van der Waals surface area contributed by atoms with E-state index in [1.54, 1.807) is 32.2 Å². The number of aliphatic hydroxyl groups is 3. The van der Waals surface area contributed by atoms with Gasteiger partial charge in [-0.1, -0.05) is 12.1 Å². The minimum absolute atomic E-state index is 0.0358. The highest BCUT2D eigenvalue weighted by Crippen LogP contribution is 2.53. The number of rotatable bonds is 6. The van der Waals surface area contributed by atoms with Crippen LogP contribution in [0.3, 0.4) is 0 Å². The Hall–Kier alpha value is -3.81. The van der Waals surface area contributed by atoms with Gasteiger partial charge in [-0.05, 0) is 67.7 Å². The molecule has 0 spiro atoms. The fourth-order valence-corrected chi connectivity index (χ4v) is 7.94. The summed E-state index contributed by atoms with van der Waals surface area (Å²) in [6.45, 7) is 3.65. The Morgan fingerprint density at radius 1 is 1.13 bits per heavy atom. The Kier molecular flexibility index (Phi) is 7.99. The number of Topliss-reactive ketones (excluding diaryl/α,β-unsaturated/α-hetero) is 2. The molecule has 6 rings (SSSR count). The smallest absolute Gasteiger partial charge is 0.230 e. The number of fused-ring (bicyclic) bond motifs is 3. The van der Waals surface area contributed by atoms with E-state index in [4.69, 9.17) is 15.2 Å². The van der Waals surface area contributed by atoms with Crippen LogP contribution in [0.5, 0.6) is 11.5 Å². The van der Waals surface area contributed by atoms with Crippen molar-refractivity contribution in [3.05, 3.63) is 52.6 Å². The molecule has 240 valence electrons. The van der Waals surface area contributed by atoms with Gasteiger partial charge in [0.15, 0.2) is 11.4 Å². The summed E-state index contributed by atoms with van der Waals surface area (Å²) in [5.74, 6) is -7.15. The molecule has 2 saturated carbocycles. The van der Waals surface area contributed by atoms with Crippen LogP contribution in [-0.2, 0) is 32.1 Å². The quantitative estimate of drug-likeness (QED) is 0.285. The Morgan fingerprint density at radius 3 is 2.49 bits per heavy atom. The lowest BCUT2D eigenvalue weighted by Crippen LogP contribution is -2.73. The number of carbonyl (C=O) groups is 3. The molecule has 3 aliphatic carbocycles. The van der Waals surface area contributed by atoms with Crippen molar-refractivity contribution in [2.45, 2.75) is 37.1 Å². The maximum absolute atomic E-state index is 14.1. The fourth-order valence-electron chi connectivity index (χ4n) is 7.94. The number of carbonyl (C=O) groups excluding carboxylic acids is 3. The van der Waals surface area contributed by atoms with Crippen LogP contribution >= 0.6 is 0 Å². The summed E-state index contributed by atoms with van der Waals surface area (Å²) in [5.41, 5.74) is 5.67. The van der Waals surface area contributed by atoms with Crippen LogP contribution in [0.1, 0.15) is 23.1 Å². The molecule has 1 saturated heterocycles. The van der Waals surface area contributed by atoms with Crippen molar-refractivity contribution in [1.82, 2.24) is 9.80 Å². The first-order chi connectivity index (χ1) is 21.4. The normalized spacial score (nSPS) is 30.1. The van der Waals surface area contributed by atoms with Crippen molar-refractivity contribution >= 4 is 23.2 Å². The summed E-state index contributed by atoms with van der Waals surface area (Å²) in [4.78, 5) is 43.8. The molecule has 1 heterocycles. The number of morpholine rings is 1. The van der Waals surface area contributed by atoms with E-state index in [1.165, 1.54) is 6.07 Å². The summed E-state index contributed by atoms with van der Waals surface area (Å²) in [5, 5.41) is 45.6. The van der Waals surface area contributed by atoms with Crippen LogP contribution in [0, 0.1) is 17.8 Å². The molecule has 1 aliphatic heterocycles. The molecule has 45 heavy (non-hydrogen) atoms. The largest absolute Gasteiger partial charge is 0.507 e. The second-order valence-corrected chi connectivity index (χ2v) is 12.7. The van der Waals surface area contributed by atoms with Gasteiger partial charge in [0.2, 0.25) is 11.7 Å². The highest BCUT2D eigenvalue weighted by Gasteiger charge is 2.67. The van der Waals surface area contributed by atoms with E-state index in [1.807, 2.05) is 18.2 Å². The minimum atomic E-state index is -2.70. The van der Waals surface area contributed by atoms with Gasteiger partial charge in [0.1, 0.15) is 23.2 Å². The van der Waals surface area contributed by atoms with Crippen molar-refractivity contribution in [3.8, 4) is 22.6 Å². The van der Waals surface area contributed by atoms with Gasteiger partial charge in [-0.2, -0.15) is 0 Å². The molecule has 12 nitrogen and oxygen atoms in total. The number of primary amides is 1. The zero-order valence-electron chi connectivity index (χ0n) is 25.5. The Balaban J connectivity index is 1.47. The first-order valence-electron chi connectivity index (χ1n) is 15.1. The molecule has 1 amide bonds. The summed E-state index contributed by atoms with van der Waals surface area (Å²) < 4.78 is 11.2. The molecule has 6 N–H and O–H groups in total. The summed E-state index contributed by atoms with van der Waals surface area (Å²) in [6.07, 6.45) is -1.31. The summed E-state index contributed by atoms with van der Waals surface area (Å²) in [6, 6.07) is 8.11. The lowest BCUT2D eigenvalue weighted by atomic mass is 9.54. The highest BCUT2D eigenvalue weighted by atomic mass is 16.5. The molecule has 2 unspecified atom stereocenters. The maximum atomic E-state index is 14.1. The van der Waals surface area contributed by atoms with Crippen LogP contribution in [0.4, 0.5) is 0 Å². The molecular formula is C33H39N3O9. The molecule has 0 bridgehead atoms. The van der Waals surface area contributed by atoms with E-state index in [0.717, 1.165) is 24.2 Å². The number of likely N-dealkylation sites (N-methyl/N-ethyl adjacent to an activating group) is 1. The minimum Gasteiger partial charge on any atom is -0.507 e. The average Bonchev–Trinajstić information content (AvgIpc) is 2.99. The molecule has 12 heteroatoms. The second kappa shape index (κ2) is 11.5. The first-order valence-corrected chi connectivity index (χ1v) is 15.1. The lowest BCUT2D eigenvalue weighted by Gasteiger charge is -2.53. The van der Waals surface area contributed by atoms with Gasteiger partial charge in [-0.25, -0.2) is 0 Å². The van der Waals surface area contributed by atoms with Crippen LogP contribution < -0.4 is 10.5 Å². The Bertz CT molecular complexity index is 1600. The van der Waals surface area contributed by atoms with Crippen molar-refractivity contribution in [2.75, 3.05) is 47.5 Å². The number of ether oxygens (including phenoxy) is 2. The monoisotopic (exact) mass is 621 g/mol. The molecule has 2 aromatic rings. The summed E-state index contributed by atoms with van der Waals surface area (Å²) in [7, 11) is 4.81. The Morgan fingerprint density at radius 2 is 1.84 bits per heavy atom. The van der Waals surface area contributed by atoms with Crippen molar-refractivity contribution in [1.29, 1.82) is 0 Å². The predicted octanol–water partition coefficient (Wildman–Crippen LogP) is 0.637. The van der Waals surface area contributed by atoms with Gasteiger partial charge in [-0.15, -0.1) is 0 Å². The number of nitrogens with zero attached hydrogens (tertiary/aromatic N) is 2. The molecule has 0 radical (unpaired) electrons. The predicted molar refractivity (Wildman–Crippen MR) is 162 cm³/mol. The molecule has 4 aliphatic rings. The van der Waals surface area contributed by atoms with Crippen molar-refractivity contribution in [2.24, 2.45) is 23.5 Å². The van der Waals surface area contributed by atoms with E-state index < -0.39 is 58.7 Å². The van der Waals surface area contributed by atoms with Gasteiger partial charge in [-0.3, -0.25) is 19.3 Å². The number of nitrogens with two attached hydrogens (primary N) is 1. The van der Waals surface area contributed by atoms with Crippen LogP contribution in [-0.4, -0.2) is 113 Å². The number of hydrogen-bond acceptors (Lipinski definition) is 11. The second-order valence-electron chi connectivity index (χ2n) is 12.7. The third kappa shape index (κ3) is 4.83. The third-order valence-electron chi connectivity index (χ3n) is 10.0. The third-order valence-corrected chi connectivity index (χ3v) is 10.0. The van der Waals surface area contributed by atoms with Crippen LogP contribution in [0.25, 0.3) is 16.9 Å². The number of aliphatic hydroxyl groups excluding tert-OH is 2. The van der Waals surface area contributed by atoms with Crippen molar-refractivity contribution < 1.29 is 44.3 Å². The molecule has 2 aromatic carbocycles. The van der Waals surface area contributed by atoms with E-state index in [2.05, 4.69) is 4.90 Å².